The summed E-state index contributed by atoms with van der Waals surface area (Å²) in [5, 5.41) is 11.3. The third kappa shape index (κ3) is 3.45. The van der Waals surface area contributed by atoms with Crippen LogP contribution >= 0.6 is 11.8 Å². The highest BCUT2D eigenvalue weighted by Gasteiger charge is 2.33. The standard InChI is InChI=1S/C15H16FN5O2S/c1-20-15(17-18-19-20)24-12-4-2-3-9-21(14(12)23)13(22)10-5-7-11(16)8-6-10/h5-8,12H,2-4,9H2,1H3/t12-/m1/s1. The summed E-state index contributed by atoms with van der Waals surface area (Å²) in [5.41, 5.74) is 0.302. The Hall–Kier alpha value is -2.29. The molecule has 0 bridgehead atoms. The molecule has 0 aliphatic carbocycles. The molecule has 9 heteroatoms. The molecule has 3 rings (SSSR count). The second-order valence-electron chi connectivity index (χ2n) is 5.49. The van der Waals surface area contributed by atoms with E-state index in [1.54, 1.807) is 7.05 Å². The van der Waals surface area contributed by atoms with E-state index in [4.69, 9.17) is 0 Å². The van der Waals surface area contributed by atoms with Gasteiger partial charge in [0.1, 0.15) is 5.82 Å². The van der Waals surface area contributed by atoms with Gasteiger partial charge in [-0.2, -0.15) is 0 Å². The lowest BCUT2D eigenvalue weighted by Crippen LogP contribution is -2.41. The normalized spacial score (nSPS) is 18.5. The van der Waals surface area contributed by atoms with E-state index in [0.717, 1.165) is 12.8 Å². The first-order chi connectivity index (χ1) is 11.6. The van der Waals surface area contributed by atoms with E-state index in [0.29, 0.717) is 23.7 Å². The number of hydrogen-bond donors (Lipinski definition) is 0. The van der Waals surface area contributed by atoms with E-state index in [9.17, 15) is 14.0 Å². The maximum Gasteiger partial charge on any atom is 0.260 e. The molecule has 1 aromatic heterocycles. The first kappa shape index (κ1) is 16.6. The molecule has 1 saturated heterocycles. The van der Waals surface area contributed by atoms with Gasteiger partial charge in [0.15, 0.2) is 0 Å². The lowest BCUT2D eigenvalue weighted by atomic mass is 10.2. The van der Waals surface area contributed by atoms with Crippen LogP contribution in [0, 0.1) is 5.82 Å². The Bertz CT molecular complexity index is 749. The fourth-order valence-corrected chi connectivity index (χ4v) is 3.55. The van der Waals surface area contributed by atoms with E-state index >= 15 is 0 Å². The maximum absolute atomic E-state index is 13.0. The van der Waals surface area contributed by atoms with Crippen LogP contribution < -0.4 is 0 Å². The molecule has 1 aromatic carbocycles. The van der Waals surface area contributed by atoms with Crippen LogP contribution in [0.2, 0.25) is 0 Å². The number of aryl methyl sites for hydroxylation is 1. The molecule has 0 radical (unpaired) electrons. The van der Waals surface area contributed by atoms with Gasteiger partial charge in [0, 0.05) is 19.2 Å². The van der Waals surface area contributed by atoms with Crippen LogP contribution in [-0.4, -0.2) is 48.7 Å². The van der Waals surface area contributed by atoms with Crippen molar-refractivity contribution in [1.82, 2.24) is 25.1 Å². The van der Waals surface area contributed by atoms with Gasteiger partial charge in [-0.3, -0.25) is 14.5 Å². The van der Waals surface area contributed by atoms with E-state index in [2.05, 4.69) is 15.5 Å². The molecule has 1 aliphatic rings. The molecule has 0 N–H and O–H groups in total. The summed E-state index contributed by atoms with van der Waals surface area (Å²) in [7, 11) is 1.70. The number of aromatic nitrogens is 4. The van der Waals surface area contributed by atoms with Crippen molar-refractivity contribution in [3.05, 3.63) is 35.6 Å². The average Bonchev–Trinajstić information content (AvgIpc) is 2.88. The topological polar surface area (TPSA) is 81.0 Å². The van der Waals surface area contributed by atoms with Crippen molar-refractivity contribution >= 4 is 23.6 Å². The molecule has 126 valence electrons. The van der Waals surface area contributed by atoms with Crippen LogP contribution in [0.5, 0.6) is 0 Å². The Morgan fingerprint density at radius 3 is 2.71 bits per heavy atom. The minimum absolute atomic E-state index is 0.255. The van der Waals surface area contributed by atoms with Gasteiger partial charge in [0.25, 0.3) is 5.91 Å². The first-order valence-electron chi connectivity index (χ1n) is 7.56. The van der Waals surface area contributed by atoms with Crippen molar-refractivity contribution in [2.24, 2.45) is 7.05 Å². The van der Waals surface area contributed by atoms with E-state index in [-0.39, 0.29) is 5.91 Å². The van der Waals surface area contributed by atoms with Crippen molar-refractivity contribution in [3.63, 3.8) is 0 Å². The van der Waals surface area contributed by atoms with Gasteiger partial charge in [-0.15, -0.1) is 5.10 Å². The SMILES string of the molecule is Cn1nnnc1S[C@@H]1CCCCN(C(=O)c2ccc(F)cc2)C1=O. The number of amides is 2. The van der Waals surface area contributed by atoms with Gasteiger partial charge in [-0.05, 0) is 47.5 Å². The number of thioether (sulfide) groups is 1. The largest absolute Gasteiger partial charge is 0.278 e. The molecule has 0 saturated carbocycles. The number of imide groups is 1. The van der Waals surface area contributed by atoms with E-state index in [1.165, 1.54) is 45.6 Å². The van der Waals surface area contributed by atoms with E-state index < -0.39 is 17.0 Å². The summed E-state index contributed by atoms with van der Waals surface area (Å²) >= 11 is 1.26. The Balaban J connectivity index is 1.79. The van der Waals surface area contributed by atoms with Crippen LogP contribution in [0.1, 0.15) is 29.6 Å². The Labute approximate surface area is 142 Å². The van der Waals surface area contributed by atoms with Crippen molar-refractivity contribution in [3.8, 4) is 0 Å². The van der Waals surface area contributed by atoms with Crippen LogP contribution in [-0.2, 0) is 11.8 Å². The summed E-state index contributed by atoms with van der Waals surface area (Å²) in [4.78, 5) is 26.7. The fourth-order valence-electron chi connectivity index (χ4n) is 2.51. The summed E-state index contributed by atoms with van der Waals surface area (Å²) in [5.74, 6) is -1.07. The Kier molecular flexibility index (Phi) is 4.89. The summed E-state index contributed by atoms with van der Waals surface area (Å²) in [6.45, 7) is 0.364. The van der Waals surface area contributed by atoms with Gasteiger partial charge >= 0.3 is 0 Å². The molecule has 0 unspecified atom stereocenters. The predicted molar refractivity (Wildman–Crippen MR) is 84.7 cm³/mol. The van der Waals surface area contributed by atoms with Crippen LogP contribution in [0.4, 0.5) is 4.39 Å². The predicted octanol–water partition coefficient (Wildman–Crippen LogP) is 1.66. The smallest absolute Gasteiger partial charge is 0.260 e. The Morgan fingerprint density at radius 2 is 2.04 bits per heavy atom. The third-order valence-electron chi connectivity index (χ3n) is 3.80. The van der Waals surface area contributed by atoms with Gasteiger partial charge in [-0.1, -0.05) is 18.2 Å². The number of hydrogen-bond acceptors (Lipinski definition) is 6. The number of benzene rings is 1. The average molecular weight is 349 g/mol. The quantitative estimate of drug-likeness (QED) is 0.784. The highest BCUT2D eigenvalue weighted by molar-refractivity contribution is 8.00. The summed E-state index contributed by atoms with van der Waals surface area (Å²) < 4.78 is 14.5. The second-order valence-corrected chi connectivity index (χ2v) is 6.66. The van der Waals surface area contributed by atoms with Gasteiger partial charge in [0.2, 0.25) is 11.1 Å². The van der Waals surface area contributed by atoms with Crippen molar-refractivity contribution in [2.45, 2.75) is 29.7 Å². The van der Waals surface area contributed by atoms with E-state index in [1.807, 2.05) is 0 Å². The number of tetrazole rings is 1. The number of rotatable bonds is 3. The molecule has 1 aliphatic heterocycles. The molecule has 2 amide bonds. The second kappa shape index (κ2) is 7.08. The molecular weight excluding hydrogens is 333 g/mol. The zero-order valence-corrected chi connectivity index (χ0v) is 13.9. The number of carbonyl (C=O) groups is 2. The van der Waals surface area contributed by atoms with Crippen LogP contribution in [0.25, 0.3) is 0 Å². The van der Waals surface area contributed by atoms with Gasteiger partial charge < -0.3 is 0 Å². The summed E-state index contributed by atoms with van der Waals surface area (Å²) in [6, 6.07) is 5.22. The number of likely N-dealkylation sites (tertiary alicyclic amines) is 1. The van der Waals surface area contributed by atoms with Crippen molar-refractivity contribution in [1.29, 1.82) is 0 Å². The maximum atomic E-state index is 13.0. The Morgan fingerprint density at radius 1 is 1.29 bits per heavy atom. The monoisotopic (exact) mass is 349 g/mol. The molecule has 2 heterocycles. The van der Waals surface area contributed by atoms with Crippen molar-refractivity contribution in [2.75, 3.05) is 6.54 Å². The number of carbonyl (C=O) groups excluding carboxylic acids is 2. The highest BCUT2D eigenvalue weighted by Crippen LogP contribution is 2.28. The number of nitrogens with zero attached hydrogens (tertiary/aromatic N) is 5. The van der Waals surface area contributed by atoms with Gasteiger partial charge in [0.05, 0.1) is 5.25 Å². The van der Waals surface area contributed by atoms with Crippen molar-refractivity contribution < 1.29 is 14.0 Å². The van der Waals surface area contributed by atoms with Crippen LogP contribution in [0.15, 0.2) is 29.4 Å². The lowest BCUT2D eigenvalue weighted by molar-refractivity contribution is -0.127. The molecule has 7 nitrogen and oxygen atoms in total. The molecular formula is C15H16FN5O2S. The van der Waals surface area contributed by atoms with Gasteiger partial charge in [-0.25, -0.2) is 9.07 Å². The number of halogens is 1. The minimum Gasteiger partial charge on any atom is -0.278 e. The summed E-state index contributed by atoms with van der Waals surface area (Å²) in [6.07, 6.45) is 2.23. The van der Waals surface area contributed by atoms with Crippen LogP contribution in [0.3, 0.4) is 0 Å². The zero-order valence-electron chi connectivity index (χ0n) is 13.1. The molecule has 0 spiro atoms. The minimum atomic E-state index is -0.419. The molecule has 2 aromatic rings. The molecule has 1 fully saturated rings. The lowest BCUT2D eigenvalue weighted by Gasteiger charge is -2.22. The molecule has 1 atom stereocenters. The first-order valence-corrected chi connectivity index (χ1v) is 8.44. The zero-order chi connectivity index (χ0) is 17.1. The fraction of sp³-hybridized carbons (Fsp3) is 0.400. The third-order valence-corrected chi connectivity index (χ3v) is 5.08. The highest BCUT2D eigenvalue weighted by atomic mass is 32.2. The molecule has 24 heavy (non-hydrogen) atoms.